The van der Waals surface area contributed by atoms with Gasteiger partial charge in [0.25, 0.3) is 0 Å². The minimum Gasteiger partial charge on any atom is -0.371 e. The Bertz CT molecular complexity index is 206. The van der Waals surface area contributed by atoms with Crippen LogP contribution >= 0.6 is 0 Å². The van der Waals surface area contributed by atoms with E-state index in [9.17, 15) is 0 Å². The zero-order chi connectivity index (χ0) is 16.1. The molecule has 0 bridgehead atoms. The molecule has 0 fully saturated rings. The van der Waals surface area contributed by atoms with Gasteiger partial charge in [0.2, 0.25) is 0 Å². The van der Waals surface area contributed by atoms with Crippen molar-refractivity contribution in [3.63, 3.8) is 0 Å². The normalized spacial score (nSPS) is 12.6. The SMILES string of the molecule is CCCN(CCC)[Si](OCC)(OCC)N(CCC)CCC. The van der Waals surface area contributed by atoms with Crippen LogP contribution in [0.3, 0.4) is 0 Å². The highest BCUT2D eigenvalue weighted by molar-refractivity contribution is 6.61. The maximum atomic E-state index is 6.37. The topological polar surface area (TPSA) is 24.9 Å². The van der Waals surface area contributed by atoms with E-state index in [1.807, 2.05) is 0 Å². The molecule has 0 unspecified atom stereocenters. The van der Waals surface area contributed by atoms with Crippen LogP contribution in [0.15, 0.2) is 0 Å². The molecule has 5 heteroatoms. The van der Waals surface area contributed by atoms with Crippen molar-refractivity contribution in [2.45, 2.75) is 67.2 Å². The predicted octanol–water partition coefficient (Wildman–Crippen LogP) is 3.74. The van der Waals surface area contributed by atoms with Crippen molar-refractivity contribution >= 4 is 8.88 Å². The highest BCUT2D eigenvalue weighted by Crippen LogP contribution is 2.21. The molecule has 0 N–H and O–H groups in total. The first-order valence-electron chi connectivity index (χ1n) is 8.94. The van der Waals surface area contributed by atoms with Gasteiger partial charge in [0, 0.05) is 13.2 Å². The molecule has 128 valence electrons. The number of hydrogen-bond acceptors (Lipinski definition) is 4. The van der Waals surface area contributed by atoms with Crippen LogP contribution in [-0.4, -0.2) is 57.4 Å². The number of nitrogens with zero attached hydrogens (tertiary/aromatic N) is 2. The second-order valence-corrected chi connectivity index (χ2v) is 8.33. The summed E-state index contributed by atoms with van der Waals surface area (Å²) in [5.41, 5.74) is 0. The highest BCUT2D eigenvalue weighted by atomic mass is 28.4. The summed E-state index contributed by atoms with van der Waals surface area (Å²) < 4.78 is 17.8. The first-order valence-corrected chi connectivity index (χ1v) is 10.7. The van der Waals surface area contributed by atoms with Crippen molar-refractivity contribution in [1.82, 2.24) is 9.13 Å². The molecular weight excluding hydrogens is 280 g/mol. The summed E-state index contributed by atoms with van der Waals surface area (Å²) in [6.07, 6.45) is 4.56. The third-order valence-corrected chi connectivity index (χ3v) is 7.26. The molecule has 0 aliphatic carbocycles. The molecule has 0 radical (unpaired) electrons. The average Bonchev–Trinajstić information content (AvgIpc) is 2.46. The lowest BCUT2D eigenvalue weighted by Gasteiger charge is -2.45. The molecule has 0 saturated heterocycles. The van der Waals surface area contributed by atoms with E-state index in [2.05, 4.69) is 50.7 Å². The predicted molar refractivity (Wildman–Crippen MR) is 93.3 cm³/mol. The van der Waals surface area contributed by atoms with Gasteiger partial charge in [-0.15, -0.1) is 0 Å². The van der Waals surface area contributed by atoms with E-state index < -0.39 is 8.88 Å². The molecule has 0 aliphatic heterocycles. The van der Waals surface area contributed by atoms with Gasteiger partial charge in [-0.25, -0.2) is 0 Å². The zero-order valence-corrected chi connectivity index (χ0v) is 16.3. The van der Waals surface area contributed by atoms with E-state index in [1.165, 1.54) is 0 Å². The molecule has 0 aromatic heterocycles. The third-order valence-electron chi connectivity index (χ3n) is 3.44. The highest BCUT2D eigenvalue weighted by Gasteiger charge is 2.50. The molecule has 0 aromatic rings. The van der Waals surface area contributed by atoms with Gasteiger partial charge in [-0.05, 0) is 65.7 Å². The lowest BCUT2D eigenvalue weighted by molar-refractivity contribution is 0.0605. The molecule has 4 nitrogen and oxygen atoms in total. The second-order valence-electron chi connectivity index (χ2n) is 5.39. The summed E-state index contributed by atoms with van der Waals surface area (Å²) in [5, 5.41) is 0. The maximum absolute atomic E-state index is 6.37. The van der Waals surface area contributed by atoms with Crippen molar-refractivity contribution in [2.24, 2.45) is 0 Å². The van der Waals surface area contributed by atoms with Gasteiger partial charge < -0.3 is 8.85 Å². The van der Waals surface area contributed by atoms with Gasteiger partial charge in [-0.3, -0.25) is 9.13 Å². The minimum atomic E-state index is -2.47. The Morgan fingerprint density at radius 2 is 0.857 bits per heavy atom. The summed E-state index contributed by atoms with van der Waals surface area (Å²) in [6.45, 7) is 18.8. The second kappa shape index (κ2) is 12.6. The van der Waals surface area contributed by atoms with Crippen LogP contribution in [0.2, 0.25) is 0 Å². The van der Waals surface area contributed by atoms with Crippen LogP contribution < -0.4 is 0 Å². The Morgan fingerprint density at radius 3 is 1.05 bits per heavy atom. The molecule has 0 spiro atoms. The fourth-order valence-corrected chi connectivity index (χ4v) is 6.84. The third kappa shape index (κ3) is 6.36. The van der Waals surface area contributed by atoms with Gasteiger partial charge in [0.05, 0.1) is 0 Å². The molecule has 21 heavy (non-hydrogen) atoms. The molecule has 0 amide bonds. The van der Waals surface area contributed by atoms with Gasteiger partial charge in [0.15, 0.2) is 0 Å². The Morgan fingerprint density at radius 1 is 0.571 bits per heavy atom. The maximum Gasteiger partial charge on any atom is 0.522 e. The lowest BCUT2D eigenvalue weighted by atomic mass is 10.4. The Balaban J connectivity index is 5.50. The first-order chi connectivity index (χ1) is 10.2. The molecule has 0 aliphatic rings. The van der Waals surface area contributed by atoms with Crippen molar-refractivity contribution in [1.29, 1.82) is 0 Å². The first kappa shape index (κ1) is 21.1. The summed E-state index contributed by atoms with van der Waals surface area (Å²) in [4.78, 5) is 0. The summed E-state index contributed by atoms with van der Waals surface area (Å²) in [7, 11) is -2.47. The largest absolute Gasteiger partial charge is 0.522 e. The van der Waals surface area contributed by atoms with Crippen LogP contribution in [0.1, 0.15) is 67.2 Å². The average molecular weight is 319 g/mol. The standard InChI is InChI=1S/C16H38N2O2Si/c1-7-13-17(14-8-2)21(19-11-5,20-12-6)18(15-9-3)16-10-4/h7-16H2,1-6H3. The number of rotatable bonds is 14. The summed E-state index contributed by atoms with van der Waals surface area (Å²) >= 11 is 0. The quantitative estimate of drug-likeness (QED) is 0.456. The molecule has 0 aromatic carbocycles. The van der Waals surface area contributed by atoms with Crippen molar-refractivity contribution < 1.29 is 8.85 Å². The van der Waals surface area contributed by atoms with Crippen LogP contribution in [0.25, 0.3) is 0 Å². The summed E-state index contributed by atoms with van der Waals surface area (Å²) in [6, 6.07) is 0. The zero-order valence-electron chi connectivity index (χ0n) is 15.3. The van der Waals surface area contributed by atoms with E-state index in [0.29, 0.717) is 0 Å². The summed E-state index contributed by atoms with van der Waals surface area (Å²) in [5.74, 6) is 0. The Kier molecular flexibility index (Phi) is 12.6. The number of hydrogen-bond donors (Lipinski definition) is 0. The van der Waals surface area contributed by atoms with E-state index in [-0.39, 0.29) is 0 Å². The van der Waals surface area contributed by atoms with Crippen LogP contribution in [0.5, 0.6) is 0 Å². The molecule has 0 heterocycles. The molecule has 0 saturated carbocycles. The van der Waals surface area contributed by atoms with Crippen LogP contribution in [0.4, 0.5) is 0 Å². The molecular formula is C16H38N2O2Si. The van der Waals surface area contributed by atoms with Crippen molar-refractivity contribution in [2.75, 3.05) is 39.4 Å². The molecule has 0 rings (SSSR count). The van der Waals surface area contributed by atoms with Gasteiger partial charge >= 0.3 is 8.88 Å². The fraction of sp³-hybridized carbons (Fsp3) is 1.00. The van der Waals surface area contributed by atoms with Crippen molar-refractivity contribution in [3.05, 3.63) is 0 Å². The monoisotopic (exact) mass is 318 g/mol. The van der Waals surface area contributed by atoms with Gasteiger partial charge in [-0.2, -0.15) is 0 Å². The Hall–Kier alpha value is 0.0569. The van der Waals surface area contributed by atoms with E-state index in [4.69, 9.17) is 8.85 Å². The van der Waals surface area contributed by atoms with E-state index in [1.54, 1.807) is 0 Å². The molecule has 0 atom stereocenters. The van der Waals surface area contributed by atoms with Crippen LogP contribution in [0, 0.1) is 0 Å². The minimum absolute atomic E-state index is 0.722. The van der Waals surface area contributed by atoms with E-state index in [0.717, 1.165) is 65.1 Å². The van der Waals surface area contributed by atoms with Gasteiger partial charge in [-0.1, -0.05) is 27.7 Å². The van der Waals surface area contributed by atoms with Crippen molar-refractivity contribution in [3.8, 4) is 0 Å². The van der Waals surface area contributed by atoms with Crippen LogP contribution in [-0.2, 0) is 8.85 Å². The van der Waals surface area contributed by atoms with Gasteiger partial charge in [0.1, 0.15) is 0 Å². The van der Waals surface area contributed by atoms with E-state index >= 15 is 0 Å². The fourth-order valence-electron chi connectivity index (χ4n) is 2.85. The lowest BCUT2D eigenvalue weighted by Crippen LogP contribution is -2.70. The smallest absolute Gasteiger partial charge is 0.371 e. The Labute approximate surface area is 134 Å².